The maximum atomic E-state index is 11.4. The number of halogens is 1. The number of aromatic hydroxyl groups is 1. The molecule has 7 nitrogen and oxygen atoms in total. The number of phenolic OH excluding ortho intramolecular Hbond substituents is 1. The number of phenols is 1. The van der Waals surface area contributed by atoms with E-state index in [1.54, 1.807) is 4.72 Å². The summed E-state index contributed by atoms with van der Waals surface area (Å²) in [7, 11) is -4.11. The molecular weight excluding hydrogens is 284 g/mol. The summed E-state index contributed by atoms with van der Waals surface area (Å²) in [6.45, 7) is 1.58. The smallest absolute Gasteiger partial charge is 0.422 e. The van der Waals surface area contributed by atoms with E-state index >= 15 is 0 Å². The number of carbonyl (C=O) groups excluding carboxylic acids is 1. The average Bonchev–Trinajstić information content (AvgIpc) is 2.22. The maximum absolute atomic E-state index is 11.4. The van der Waals surface area contributed by atoms with Crippen LogP contribution < -0.4 is 9.44 Å². The van der Waals surface area contributed by atoms with Gasteiger partial charge in [-0.05, 0) is 19.1 Å². The molecule has 3 N–H and O–H groups in total. The van der Waals surface area contributed by atoms with Crippen LogP contribution in [0.3, 0.4) is 0 Å². The van der Waals surface area contributed by atoms with Crippen LogP contribution in [0.25, 0.3) is 0 Å². The van der Waals surface area contributed by atoms with E-state index in [2.05, 4.69) is 4.74 Å². The van der Waals surface area contributed by atoms with E-state index in [9.17, 15) is 18.3 Å². The molecule has 18 heavy (non-hydrogen) atoms. The van der Waals surface area contributed by atoms with Gasteiger partial charge in [0.15, 0.2) is 0 Å². The minimum absolute atomic E-state index is 0.0447. The summed E-state index contributed by atoms with van der Waals surface area (Å²) in [5, 5.41) is 9.36. The molecule has 0 aliphatic heterocycles. The van der Waals surface area contributed by atoms with E-state index in [1.165, 1.54) is 19.1 Å². The molecule has 1 amide bonds. The standard InChI is InChI=1S/C9H11ClN2O5S/c1-2-17-9(14)12-18(15,16)11-6-3-4-7(10)8(13)5-6/h3-5,11,13H,2H2,1H3,(H,12,14). The zero-order valence-electron chi connectivity index (χ0n) is 9.31. The summed E-state index contributed by atoms with van der Waals surface area (Å²) >= 11 is 5.56. The molecule has 0 aromatic heterocycles. The van der Waals surface area contributed by atoms with Crippen molar-refractivity contribution in [2.75, 3.05) is 11.3 Å². The van der Waals surface area contributed by atoms with Crippen molar-refractivity contribution in [2.24, 2.45) is 0 Å². The Labute approximate surface area is 109 Å². The molecule has 0 saturated heterocycles. The van der Waals surface area contributed by atoms with E-state index in [-0.39, 0.29) is 23.1 Å². The number of hydrogen-bond acceptors (Lipinski definition) is 5. The second-order valence-corrected chi connectivity index (χ2v) is 4.92. The highest BCUT2D eigenvalue weighted by atomic mass is 35.5. The zero-order valence-corrected chi connectivity index (χ0v) is 10.9. The van der Waals surface area contributed by atoms with Gasteiger partial charge in [-0.15, -0.1) is 0 Å². The molecular formula is C9H11ClN2O5S. The molecule has 0 spiro atoms. The van der Waals surface area contributed by atoms with Gasteiger partial charge < -0.3 is 9.84 Å². The van der Waals surface area contributed by atoms with E-state index in [1.807, 2.05) is 4.72 Å². The Morgan fingerprint density at radius 2 is 2.17 bits per heavy atom. The van der Waals surface area contributed by atoms with Crippen molar-refractivity contribution < 1.29 is 23.1 Å². The first-order valence-corrected chi connectivity index (χ1v) is 6.66. The van der Waals surface area contributed by atoms with Crippen molar-refractivity contribution in [3.63, 3.8) is 0 Å². The van der Waals surface area contributed by atoms with Gasteiger partial charge in [-0.25, -0.2) is 9.52 Å². The predicted molar refractivity (Wildman–Crippen MR) is 65.8 cm³/mol. The fraction of sp³-hybridized carbons (Fsp3) is 0.222. The molecule has 0 heterocycles. The second-order valence-electron chi connectivity index (χ2n) is 3.09. The van der Waals surface area contributed by atoms with Crippen molar-refractivity contribution in [1.82, 2.24) is 4.72 Å². The lowest BCUT2D eigenvalue weighted by molar-refractivity contribution is 0.159. The fourth-order valence-electron chi connectivity index (χ4n) is 1.03. The Kier molecular flexibility index (Phi) is 4.62. The van der Waals surface area contributed by atoms with Crippen LogP contribution in [-0.4, -0.2) is 26.2 Å². The second kappa shape index (κ2) is 5.78. The van der Waals surface area contributed by atoms with Crippen molar-refractivity contribution in [3.8, 4) is 5.75 Å². The number of hydrogen-bond donors (Lipinski definition) is 3. The maximum Gasteiger partial charge on any atom is 0.422 e. The molecule has 0 bridgehead atoms. The van der Waals surface area contributed by atoms with Crippen LogP contribution >= 0.6 is 11.6 Å². The predicted octanol–water partition coefficient (Wildman–Crippen LogP) is 1.45. The van der Waals surface area contributed by atoms with Crippen molar-refractivity contribution in [3.05, 3.63) is 23.2 Å². The third kappa shape index (κ3) is 4.30. The van der Waals surface area contributed by atoms with Crippen LogP contribution in [-0.2, 0) is 14.9 Å². The number of rotatable bonds is 4. The SMILES string of the molecule is CCOC(=O)NS(=O)(=O)Nc1ccc(Cl)c(O)c1. The topological polar surface area (TPSA) is 105 Å². The Morgan fingerprint density at radius 1 is 1.50 bits per heavy atom. The fourth-order valence-corrected chi connectivity index (χ4v) is 1.91. The molecule has 0 fully saturated rings. The van der Waals surface area contributed by atoms with E-state index in [0.717, 1.165) is 6.07 Å². The largest absolute Gasteiger partial charge is 0.506 e. The molecule has 0 saturated carbocycles. The van der Waals surface area contributed by atoms with E-state index in [0.29, 0.717) is 0 Å². The molecule has 1 aromatic rings. The molecule has 100 valence electrons. The molecule has 1 aromatic carbocycles. The Balaban J connectivity index is 2.76. The van der Waals surface area contributed by atoms with E-state index < -0.39 is 16.3 Å². The number of anilines is 1. The van der Waals surface area contributed by atoms with Gasteiger partial charge in [0.1, 0.15) is 5.75 Å². The highest BCUT2D eigenvalue weighted by Crippen LogP contribution is 2.26. The minimum atomic E-state index is -4.11. The molecule has 1 rings (SSSR count). The van der Waals surface area contributed by atoms with Crippen LogP contribution in [0.2, 0.25) is 5.02 Å². The molecule has 0 aliphatic carbocycles. The summed E-state index contributed by atoms with van der Waals surface area (Å²) in [6, 6.07) is 3.73. The first-order valence-electron chi connectivity index (χ1n) is 4.80. The normalized spacial score (nSPS) is 10.8. The van der Waals surface area contributed by atoms with Crippen molar-refractivity contribution in [1.29, 1.82) is 0 Å². The van der Waals surface area contributed by atoms with Crippen LogP contribution in [0.5, 0.6) is 5.75 Å². The molecule has 9 heteroatoms. The summed E-state index contributed by atoms with van der Waals surface area (Å²) in [6.07, 6.45) is -1.09. The van der Waals surface area contributed by atoms with Gasteiger partial charge in [0.05, 0.1) is 17.3 Å². The third-order valence-corrected chi connectivity index (χ3v) is 2.95. The third-order valence-electron chi connectivity index (χ3n) is 1.69. The van der Waals surface area contributed by atoms with E-state index in [4.69, 9.17) is 11.6 Å². The first-order chi connectivity index (χ1) is 8.34. The van der Waals surface area contributed by atoms with Gasteiger partial charge in [-0.2, -0.15) is 8.42 Å². The summed E-state index contributed by atoms with van der Waals surface area (Å²) in [5.41, 5.74) is 0.0497. The summed E-state index contributed by atoms with van der Waals surface area (Å²) in [4.78, 5) is 10.9. The van der Waals surface area contributed by atoms with Crippen LogP contribution in [0.1, 0.15) is 6.92 Å². The van der Waals surface area contributed by atoms with Crippen molar-refractivity contribution in [2.45, 2.75) is 6.92 Å². The summed E-state index contributed by atoms with van der Waals surface area (Å²) < 4.78 is 30.9. The molecule has 0 aliphatic rings. The molecule has 0 radical (unpaired) electrons. The van der Waals surface area contributed by atoms with Crippen LogP contribution in [0.4, 0.5) is 10.5 Å². The summed E-state index contributed by atoms with van der Waals surface area (Å²) in [5.74, 6) is -0.284. The molecule has 0 unspecified atom stereocenters. The highest BCUT2D eigenvalue weighted by molar-refractivity contribution is 7.91. The lowest BCUT2D eigenvalue weighted by atomic mass is 10.3. The number of ether oxygens (including phenoxy) is 1. The van der Waals surface area contributed by atoms with Gasteiger partial charge >= 0.3 is 16.3 Å². The number of benzene rings is 1. The van der Waals surface area contributed by atoms with Crippen LogP contribution in [0, 0.1) is 0 Å². The van der Waals surface area contributed by atoms with Gasteiger partial charge in [0, 0.05) is 6.07 Å². The van der Waals surface area contributed by atoms with Gasteiger partial charge in [-0.1, -0.05) is 11.6 Å². The number of amides is 1. The lowest BCUT2D eigenvalue weighted by Crippen LogP contribution is -2.35. The monoisotopic (exact) mass is 294 g/mol. The Morgan fingerprint density at radius 3 is 2.72 bits per heavy atom. The highest BCUT2D eigenvalue weighted by Gasteiger charge is 2.15. The van der Waals surface area contributed by atoms with Gasteiger partial charge in [-0.3, -0.25) is 4.72 Å². The average molecular weight is 295 g/mol. The van der Waals surface area contributed by atoms with Crippen molar-refractivity contribution >= 4 is 33.6 Å². The van der Waals surface area contributed by atoms with Gasteiger partial charge in [0.2, 0.25) is 0 Å². The quantitative estimate of drug-likeness (QED) is 0.779. The zero-order chi connectivity index (χ0) is 13.8. The Hall–Kier alpha value is -1.67. The number of carbonyl (C=O) groups is 1. The molecule has 0 atom stereocenters. The Bertz CT molecular complexity index is 546. The van der Waals surface area contributed by atoms with Crippen LogP contribution in [0.15, 0.2) is 18.2 Å². The first kappa shape index (κ1) is 14.4. The minimum Gasteiger partial charge on any atom is -0.506 e. The van der Waals surface area contributed by atoms with Gasteiger partial charge in [0.25, 0.3) is 0 Å². The number of nitrogens with one attached hydrogen (secondary N) is 2. The lowest BCUT2D eigenvalue weighted by Gasteiger charge is -2.09.